The Balaban J connectivity index is 1.22. The number of benzene rings is 2. The van der Waals surface area contributed by atoms with Crippen molar-refractivity contribution in [3.8, 4) is 5.75 Å². The lowest BCUT2D eigenvalue weighted by molar-refractivity contribution is -0.120. The SMILES string of the molecule is CC(C)(C)OC(=O)N1CCC(Oc2ccc(N3CCN(C(=O)OCc4ccccc4)CC3=O)cc2)CC1. The second-order valence-electron chi connectivity index (χ2n) is 10.3. The van der Waals surface area contributed by atoms with Crippen LogP contribution in [0.2, 0.25) is 0 Å². The summed E-state index contributed by atoms with van der Waals surface area (Å²) in [5.74, 6) is 0.557. The summed E-state index contributed by atoms with van der Waals surface area (Å²) in [5.41, 5.74) is 1.15. The van der Waals surface area contributed by atoms with Crippen molar-refractivity contribution in [1.82, 2.24) is 9.80 Å². The van der Waals surface area contributed by atoms with Gasteiger partial charge in [-0.2, -0.15) is 0 Å². The van der Waals surface area contributed by atoms with Crippen molar-refractivity contribution in [2.75, 3.05) is 37.6 Å². The number of piperidine rings is 1. The molecule has 2 saturated heterocycles. The molecule has 2 aliphatic heterocycles. The number of piperazine rings is 1. The van der Waals surface area contributed by atoms with Crippen molar-refractivity contribution in [3.63, 3.8) is 0 Å². The summed E-state index contributed by atoms with van der Waals surface area (Å²) >= 11 is 0. The Labute approximate surface area is 217 Å². The summed E-state index contributed by atoms with van der Waals surface area (Å²) in [6, 6.07) is 16.9. The Morgan fingerprint density at radius 3 is 2.16 bits per heavy atom. The van der Waals surface area contributed by atoms with Gasteiger partial charge in [0.25, 0.3) is 0 Å². The predicted molar refractivity (Wildman–Crippen MR) is 138 cm³/mol. The van der Waals surface area contributed by atoms with Crippen LogP contribution >= 0.6 is 0 Å². The third-order valence-electron chi connectivity index (χ3n) is 6.23. The van der Waals surface area contributed by atoms with Crippen LogP contribution in [0.3, 0.4) is 0 Å². The number of anilines is 1. The molecule has 0 N–H and O–H groups in total. The largest absolute Gasteiger partial charge is 0.490 e. The van der Waals surface area contributed by atoms with E-state index in [0.29, 0.717) is 26.2 Å². The molecule has 2 aromatic rings. The average molecular weight is 510 g/mol. The van der Waals surface area contributed by atoms with Crippen LogP contribution in [-0.4, -0.2) is 72.3 Å². The summed E-state index contributed by atoms with van der Waals surface area (Å²) in [7, 11) is 0. The lowest BCUT2D eigenvalue weighted by Gasteiger charge is -2.34. The number of likely N-dealkylation sites (tertiary alicyclic amines) is 1. The molecule has 2 aliphatic rings. The molecule has 0 unspecified atom stereocenters. The van der Waals surface area contributed by atoms with Gasteiger partial charge in [0.15, 0.2) is 0 Å². The molecule has 3 amide bonds. The molecule has 2 aromatic carbocycles. The van der Waals surface area contributed by atoms with E-state index in [-0.39, 0.29) is 31.3 Å². The lowest BCUT2D eigenvalue weighted by Crippen LogP contribution is -2.52. The number of carbonyl (C=O) groups is 3. The molecule has 0 radical (unpaired) electrons. The van der Waals surface area contributed by atoms with Crippen LogP contribution in [0.25, 0.3) is 0 Å². The molecule has 4 rings (SSSR count). The summed E-state index contributed by atoms with van der Waals surface area (Å²) < 4.78 is 16.9. The molecule has 0 atom stereocenters. The fourth-order valence-corrected chi connectivity index (χ4v) is 4.29. The van der Waals surface area contributed by atoms with Crippen molar-refractivity contribution in [1.29, 1.82) is 0 Å². The lowest BCUT2D eigenvalue weighted by atomic mass is 10.1. The van der Waals surface area contributed by atoms with E-state index in [4.69, 9.17) is 14.2 Å². The van der Waals surface area contributed by atoms with Gasteiger partial charge in [-0.25, -0.2) is 9.59 Å². The highest BCUT2D eigenvalue weighted by Gasteiger charge is 2.30. The average Bonchev–Trinajstić information content (AvgIpc) is 2.88. The fraction of sp³-hybridized carbons (Fsp3) is 0.464. The fourth-order valence-electron chi connectivity index (χ4n) is 4.29. The molecule has 198 valence electrons. The van der Waals surface area contributed by atoms with Crippen LogP contribution in [0.1, 0.15) is 39.2 Å². The molecule has 2 heterocycles. The van der Waals surface area contributed by atoms with Crippen LogP contribution in [-0.2, 0) is 20.9 Å². The van der Waals surface area contributed by atoms with Crippen molar-refractivity contribution in [2.24, 2.45) is 0 Å². The van der Waals surface area contributed by atoms with Crippen LogP contribution in [0.15, 0.2) is 54.6 Å². The third kappa shape index (κ3) is 7.38. The molecule has 0 spiro atoms. The maximum atomic E-state index is 12.8. The Morgan fingerprint density at radius 2 is 1.54 bits per heavy atom. The monoisotopic (exact) mass is 509 g/mol. The van der Waals surface area contributed by atoms with E-state index < -0.39 is 11.7 Å². The molecule has 0 aliphatic carbocycles. The minimum Gasteiger partial charge on any atom is -0.490 e. The first-order valence-corrected chi connectivity index (χ1v) is 12.7. The smallest absolute Gasteiger partial charge is 0.410 e. The van der Waals surface area contributed by atoms with Crippen molar-refractivity contribution >= 4 is 23.8 Å². The van der Waals surface area contributed by atoms with E-state index in [9.17, 15) is 14.4 Å². The molecular weight excluding hydrogens is 474 g/mol. The molecule has 9 nitrogen and oxygen atoms in total. The van der Waals surface area contributed by atoms with Crippen molar-refractivity contribution < 1.29 is 28.6 Å². The van der Waals surface area contributed by atoms with Crippen molar-refractivity contribution in [2.45, 2.75) is 51.9 Å². The number of rotatable bonds is 5. The molecule has 2 fully saturated rings. The summed E-state index contributed by atoms with van der Waals surface area (Å²) in [4.78, 5) is 42.2. The first-order valence-electron chi connectivity index (χ1n) is 12.7. The van der Waals surface area contributed by atoms with Crippen LogP contribution < -0.4 is 9.64 Å². The van der Waals surface area contributed by atoms with Gasteiger partial charge in [0.05, 0.1) is 0 Å². The highest BCUT2D eigenvalue weighted by molar-refractivity contribution is 5.97. The topological polar surface area (TPSA) is 88.6 Å². The zero-order chi connectivity index (χ0) is 26.4. The maximum absolute atomic E-state index is 12.8. The van der Waals surface area contributed by atoms with E-state index in [2.05, 4.69) is 0 Å². The first kappa shape index (κ1) is 26.3. The maximum Gasteiger partial charge on any atom is 0.410 e. The van der Waals surface area contributed by atoms with E-state index in [0.717, 1.165) is 29.8 Å². The first-order chi connectivity index (χ1) is 17.7. The van der Waals surface area contributed by atoms with E-state index in [1.807, 2.05) is 75.4 Å². The number of hydrogen-bond acceptors (Lipinski definition) is 6. The number of amides is 3. The molecular formula is C28H35N3O6. The molecule has 0 bridgehead atoms. The van der Waals surface area contributed by atoms with Gasteiger partial charge >= 0.3 is 12.2 Å². The zero-order valence-electron chi connectivity index (χ0n) is 21.7. The highest BCUT2D eigenvalue weighted by Crippen LogP contribution is 2.25. The van der Waals surface area contributed by atoms with Crippen LogP contribution in [0.4, 0.5) is 15.3 Å². The quantitative estimate of drug-likeness (QED) is 0.592. The second-order valence-corrected chi connectivity index (χ2v) is 10.3. The van der Waals surface area contributed by atoms with Gasteiger partial charge in [0.1, 0.15) is 30.6 Å². The minimum atomic E-state index is -0.508. The molecule has 0 aromatic heterocycles. The Bertz CT molecular complexity index is 1080. The normalized spacial score (nSPS) is 16.9. The zero-order valence-corrected chi connectivity index (χ0v) is 21.7. The minimum absolute atomic E-state index is 0.0108. The summed E-state index contributed by atoms with van der Waals surface area (Å²) in [6.07, 6.45) is 0.684. The van der Waals surface area contributed by atoms with E-state index in [1.165, 1.54) is 4.90 Å². The van der Waals surface area contributed by atoms with Crippen molar-refractivity contribution in [3.05, 3.63) is 60.2 Å². The number of carbonyl (C=O) groups excluding carboxylic acids is 3. The second kappa shape index (κ2) is 11.5. The Morgan fingerprint density at radius 1 is 0.865 bits per heavy atom. The van der Waals surface area contributed by atoms with E-state index >= 15 is 0 Å². The number of ether oxygens (including phenoxy) is 3. The van der Waals surface area contributed by atoms with Gasteiger partial charge in [0.2, 0.25) is 5.91 Å². The number of hydrogen-bond donors (Lipinski definition) is 0. The molecule has 37 heavy (non-hydrogen) atoms. The van der Waals surface area contributed by atoms with Gasteiger partial charge in [-0.3, -0.25) is 9.69 Å². The highest BCUT2D eigenvalue weighted by atomic mass is 16.6. The van der Waals surface area contributed by atoms with Gasteiger partial charge < -0.3 is 24.0 Å². The third-order valence-corrected chi connectivity index (χ3v) is 6.23. The molecule has 0 saturated carbocycles. The van der Waals surface area contributed by atoms with E-state index in [1.54, 1.807) is 9.80 Å². The Hall–Kier alpha value is -3.75. The van der Waals surface area contributed by atoms with Gasteiger partial charge in [-0.1, -0.05) is 30.3 Å². The standard InChI is InChI=1S/C28H35N3O6/c1-28(2,3)37-27(34)29-15-13-24(14-16-29)36-23-11-9-22(10-12-23)31-18-17-30(19-25(31)32)26(33)35-20-21-7-5-4-6-8-21/h4-12,24H,13-20H2,1-3H3. The summed E-state index contributed by atoms with van der Waals surface area (Å²) in [6.45, 7) is 7.69. The molecule has 9 heteroatoms. The van der Waals surface area contributed by atoms with Crippen LogP contribution in [0, 0.1) is 0 Å². The van der Waals surface area contributed by atoms with Gasteiger partial charge in [-0.05, 0) is 50.6 Å². The Kier molecular flexibility index (Phi) is 8.21. The van der Waals surface area contributed by atoms with Gasteiger partial charge in [0, 0.05) is 44.7 Å². The number of nitrogens with zero attached hydrogens (tertiary/aromatic N) is 3. The van der Waals surface area contributed by atoms with Gasteiger partial charge in [-0.15, -0.1) is 0 Å². The van der Waals surface area contributed by atoms with Crippen LogP contribution in [0.5, 0.6) is 5.75 Å². The summed E-state index contributed by atoms with van der Waals surface area (Å²) in [5, 5.41) is 0. The predicted octanol–water partition coefficient (Wildman–Crippen LogP) is 4.45.